The smallest absolute Gasteiger partial charge is 0.226 e. The maximum atomic E-state index is 11.1. The number of carbonyl (C=O) groups excluding carboxylic acids is 1. The fourth-order valence-electron chi connectivity index (χ4n) is 1.51. The highest BCUT2D eigenvalue weighted by molar-refractivity contribution is 5.77. The lowest BCUT2D eigenvalue weighted by Crippen LogP contribution is -2.23. The summed E-state index contributed by atoms with van der Waals surface area (Å²) in [5, 5.41) is 0. The summed E-state index contributed by atoms with van der Waals surface area (Å²) < 4.78 is 0. The van der Waals surface area contributed by atoms with Gasteiger partial charge in [-0.1, -0.05) is 19.1 Å². The lowest BCUT2D eigenvalue weighted by molar-refractivity contribution is -0.128. The number of aromatic nitrogens is 1. The monoisotopic (exact) mass is 218 g/mol. The second-order valence-corrected chi connectivity index (χ2v) is 3.60. The molecule has 0 bridgehead atoms. The Morgan fingerprint density at radius 3 is 2.44 bits per heavy atom. The molecule has 16 heavy (non-hydrogen) atoms. The third-order valence-corrected chi connectivity index (χ3v) is 2.40. The largest absolute Gasteiger partial charge is 0.320 e. The van der Waals surface area contributed by atoms with Crippen molar-refractivity contribution in [1.82, 2.24) is 9.88 Å². The van der Waals surface area contributed by atoms with Crippen LogP contribution in [0.5, 0.6) is 0 Å². The molecule has 0 spiro atoms. The van der Waals surface area contributed by atoms with Crippen LogP contribution in [0.15, 0.2) is 43.4 Å². The van der Waals surface area contributed by atoms with Crippen LogP contribution >= 0.6 is 0 Å². The highest BCUT2D eigenvalue weighted by Crippen LogP contribution is 2.10. The van der Waals surface area contributed by atoms with Gasteiger partial charge in [-0.25, -0.2) is 0 Å². The van der Waals surface area contributed by atoms with E-state index in [4.69, 9.17) is 0 Å². The molecule has 86 valence electrons. The Hall–Kier alpha value is -1.64. The number of hydrogen-bond donors (Lipinski definition) is 0. The van der Waals surface area contributed by atoms with Crippen LogP contribution < -0.4 is 0 Å². The number of amides is 1. The standard InChI is InChI=1S/C8H13NO.C5H5N/c1-2-9-7-5-3-4-6-8(9)10;1-2-4-6-5-3-1/h2H,1,3-7H2;1-5H. The molecule has 2 heterocycles. The van der Waals surface area contributed by atoms with Crippen molar-refractivity contribution >= 4 is 5.91 Å². The van der Waals surface area contributed by atoms with Crippen molar-refractivity contribution < 1.29 is 4.79 Å². The zero-order valence-electron chi connectivity index (χ0n) is 9.51. The lowest BCUT2D eigenvalue weighted by Gasteiger charge is -2.13. The predicted molar refractivity (Wildman–Crippen MR) is 64.6 cm³/mol. The van der Waals surface area contributed by atoms with Crippen LogP contribution in [0, 0.1) is 0 Å². The van der Waals surface area contributed by atoms with Crippen LogP contribution in [0.4, 0.5) is 0 Å². The minimum absolute atomic E-state index is 0.229. The summed E-state index contributed by atoms with van der Waals surface area (Å²) in [6.45, 7) is 4.44. The zero-order chi connectivity index (χ0) is 11.6. The summed E-state index contributed by atoms with van der Waals surface area (Å²) in [5.41, 5.74) is 0. The third-order valence-electron chi connectivity index (χ3n) is 2.40. The lowest BCUT2D eigenvalue weighted by atomic mass is 10.2. The van der Waals surface area contributed by atoms with Gasteiger partial charge < -0.3 is 4.90 Å². The SMILES string of the molecule is C=CN1CCCCCC1=O.c1ccncc1. The van der Waals surface area contributed by atoms with Crippen molar-refractivity contribution in [2.75, 3.05) is 6.54 Å². The second kappa shape index (κ2) is 7.63. The Bertz CT molecular complexity index is 284. The molecule has 0 unspecified atom stereocenters. The van der Waals surface area contributed by atoms with E-state index in [0.29, 0.717) is 6.42 Å². The zero-order valence-corrected chi connectivity index (χ0v) is 9.51. The molecular formula is C13H18N2O. The van der Waals surface area contributed by atoms with E-state index >= 15 is 0 Å². The molecule has 1 aliphatic heterocycles. The van der Waals surface area contributed by atoms with Crippen molar-refractivity contribution in [3.05, 3.63) is 43.4 Å². The fraction of sp³-hybridized carbons (Fsp3) is 0.385. The molecule has 1 saturated heterocycles. The molecule has 2 rings (SSSR count). The molecule has 3 heteroatoms. The van der Waals surface area contributed by atoms with E-state index < -0.39 is 0 Å². The minimum atomic E-state index is 0.229. The summed E-state index contributed by atoms with van der Waals surface area (Å²) in [5.74, 6) is 0.229. The van der Waals surface area contributed by atoms with Crippen molar-refractivity contribution in [1.29, 1.82) is 0 Å². The third kappa shape index (κ3) is 4.73. The van der Waals surface area contributed by atoms with Gasteiger partial charge in [-0.05, 0) is 31.2 Å². The number of carbonyl (C=O) groups is 1. The van der Waals surface area contributed by atoms with E-state index in [2.05, 4.69) is 11.6 Å². The summed E-state index contributed by atoms with van der Waals surface area (Å²) in [4.78, 5) is 16.6. The van der Waals surface area contributed by atoms with E-state index in [1.165, 1.54) is 6.42 Å². The van der Waals surface area contributed by atoms with Gasteiger partial charge in [-0.15, -0.1) is 0 Å². The molecule has 0 radical (unpaired) electrons. The maximum Gasteiger partial charge on any atom is 0.226 e. The number of likely N-dealkylation sites (tertiary alicyclic amines) is 1. The van der Waals surface area contributed by atoms with Crippen molar-refractivity contribution in [3.8, 4) is 0 Å². The predicted octanol–water partition coefficient (Wildman–Crippen LogP) is 2.61. The molecule has 0 atom stereocenters. The van der Waals surface area contributed by atoms with Gasteiger partial charge in [0, 0.05) is 25.4 Å². The van der Waals surface area contributed by atoms with Crippen LogP contribution in [0.25, 0.3) is 0 Å². The molecule has 0 N–H and O–H groups in total. The molecule has 3 nitrogen and oxygen atoms in total. The van der Waals surface area contributed by atoms with Gasteiger partial charge in [0.25, 0.3) is 0 Å². The van der Waals surface area contributed by atoms with Gasteiger partial charge in [0.1, 0.15) is 0 Å². The normalized spacial score (nSPS) is 15.8. The number of hydrogen-bond acceptors (Lipinski definition) is 2. The first-order chi connectivity index (χ1) is 7.84. The molecule has 1 aliphatic rings. The first-order valence-electron chi connectivity index (χ1n) is 5.61. The summed E-state index contributed by atoms with van der Waals surface area (Å²) in [7, 11) is 0. The Morgan fingerprint density at radius 2 is 1.94 bits per heavy atom. The number of nitrogens with zero attached hydrogens (tertiary/aromatic N) is 2. The van der Waals surface area contributed by atoms with Crippen LogP contribution in [0.1, 0.15) is 25.7 Å². The molecule has 0 aromatic carbocycles. The average Bonchev–Trinajstić information content (AvgIpc) is 2.56. The van der Waals surface area contributed by atoms with Gasteiger partial charge in [0.2, 0.25) is 5.91 Å². The highest BCUT2D eigenvalue weighted by atomic mass is 16.2. The van der Waals surface area contributed by atoms with E-state index in [9.17, 15) is 4.79 Å². The molecule has 0 aliphatic carbocycles. The molecule has 1 amide bonds. The first kappa shape index (κ1) is 12.4. The summed E-state index contributed by atoms with van der Waals surface area (Å²) in [6.07, 6.45) is 9.18. The highest BCUT2D eigenvalue weighted by Gasteiger charge is 2.12. The second-order valence-electron chi connectivity index (χ2n) is 3.60. The van der Waals surface area contributed by atoms with Crippen LogP contribution in [0.2, 0.25) is 0 Å². The Kier molecular flexibility index (Phi) is 5.92. The minimum Gasteiger partial charge on any atom is -0.320 e. The number of pyridine rings is 1. The molecule has 0 saturated carbocycles. The topological polar surface area (TPSA) is 33.2 Å². The van der Waals surface area contributed by atoms with Crippen molar-refractivity contribution in [3.63, 3.8) is 0 Å². The average molecular weight is 218 g/mol. The van der Waals surface area contributed by atoms with Gasteiger partial charge in [-0.3, -0.25) is 9.78 Å². The van der Waals surface area contributed by atoms with Gasteiger partial charge in [-0.2, -0.15) is 0 Å². The molecule has 1 aromatic rings. The summed E-state index contributed by atoms with van der Waals surface area (Å²) >= 11 is 0. The van der Waals surface area contributed by atoms with Gasteiger partial charge in [0.15, 0.2) is 0 Å². The maximum absolute atomic E-state index is 11.1. The van der Waals surface area contributed by atoms with E-state index in [1.807, 2.05) is 18.2 Å². The Morgan fingerprint density at radius 1 is 1.19 bits per heavy atom. The van der Waals surface area contributed by atoms with Crippen LogP contribution in [-0.2, 0) is 4.79 Å². The van der Waals surface area contributed by atoms with Crippen molar-refractivity contribution in [2.45, 2.75) is 25.7 Å². The first-order valence-corrected chi connectivity index (χ1v) is 5.61. The summed E-state index contributed by atoms with van der Waals surface area (Å²) in [6, 6.07) is 5.72. The van der Waals surface area contributed by atoms with Crippen molar-refractivity contribution in [2.24, 2.45) is 0 Å². The van der Waals surface area contributed by atoms with Gasteiger partial charge >= 0.3 is 0 Å². The van der Waals surface area contributed by atoms with E-state index in [1.54, 1.807) is 23.5 Å². The Labute approximate surface area is 96.8 Å². The van der Waals surface area contributed by atoms with E-state index in [0.717, 1.165) is 19.4 Å². The molecule has 1 fully saturated rings. The molecule has 1 aromatic heterocycles. The van der Waals surface area contributed by atoms with Crippen LogP contribution in [0.3, 0.4) is 0 Å². The fourth-order valence-corrected chi connectivity index (χ4v) is 1.51. The Balaban J connectivity index is 0.000000181. The molecular weight excluding hydrogens is 200 g/mol. The van der Waals surface area contributed by atoms with Crippen LogP contribution in [-0.4, -0.2) is 22.3 Å². The van der Waals surface area contributed by atoms with E-state index in [-0.39, 0.29) is 5.91 Å². The number of rotatable bonds is 1. The quantitative estimate of drug-likeness (QED) is 0.726. The van der Waals surface area contributed by atoms with Gasteiger partial charge in [0.05, 0.1) is 0 Å².